The molecule has 1 heterocycles. The summed E-state index contributed by atoms with van der Waals surface area (Å²) >= 11 is 1.46. The zero-order valence-corrected chi connectivity index (χ0v) is 17.7. The van der Waals surface area contributed by atoms with Crippen LogP contribution < -0.4 is 10.1 Å². The quantitative estimate of drug-likeness (QED) is 0.530. The Kier molecular flexibility index (Phi) is 6.69. The third kappa shape index (κ3) is 4.85. The number of carbonyl (C=O) groups excluding carboxylic acids is 3. The van der Waals surface area contributed by atoms with E-state index < -0.39 is 5.97 Å². The number of rotatable bonds is 7. The van der Waals surface area contributed by atoms with Gasteiger partial charge in [-0.1, -0.05) is 0 Å². The predicted molar refractivity (Wildman–Crippen MR) is 112 cm³/mol. The second-order valence-electron chi connectivity index (χ2n) is 6.98. The Morgan fingerprint density at radius 1 is 1.14 bits per heavy atom. The number of aryl methyl sites for hydroxylation is 1. The van der Waals surface area contributed by atoms with Crippen LogP contribution in [0.3, 0.4) is 0 Å². The average Bonchev–Trinajstić information content (AvgIpc) is 3.04. The minimum Gasteiger partial charge on any atom is -0.493 e. The van der Waals surface area contributed by atoms with Crippen molar-refractivity contribution < 1.29 is 23.9 Å². The Hall–Kier alpha value is -2.67. The molecule has 29 heavy (non-hydrogen) atoms. The van der Waals surface area contributed by atoms with Gasteiger partial charge in [0.1, 0.15) is 17.4 Å². The third-order valence-corrected chi connectivity index (χ3v) is 6.00. The maximum absolute atomic E-state index is 13.0. The number of esters is 1. The van der Waals surface area contributed by atoms with Crippen LogP contribution in [0.1, 0.15) is 70.3 Å². The number of amides is 1. The van der Waals surface area contributed by atoms with Gasteiger partial charge in [-0.3, -0.25) is 9.59 Å². The molecule has 0 spiro atoms. The van der Waals surface area contributed by atoms with Gasteiger partial charge in [-0.2, -0.15) is 0 Å². The smallest absolute Gasteiger partial charge is 0.341 e. The number of ether oxygens (including phenoxy) is 2. The molecule has 0 aliphatic heterocycles. The maximum atomic E-state index is 13.0. The molecule has 1 aliphatic carbocycles. The monoisotopic (exact) mass is 415 g/mol. The molecule has 3 rings (SSSR count). The lowest BCUT2D eigenvalue weighted by atomic mass is 9.95. The van der Waals surface area contributed by atoms with Crippen molar-refractivity contribution in [1.82, 2.24) is 0 Å². The van der Waals surface area contributed by atoms with E-state index in [2.05, 4.69) is 5.32 Å². The van der Waals surface area contributed by atoms with Gasteiger partial charge >= 0.3 is 5.97 Å². The first kappa shape index (κ1) is 21.0. The van der Waals surface area contributed by atoms with Crippen molar-refractivity contribution in [3.63, 3.8) is 0 Å². The highest BCUT2D eigenvalue weighted by Gasteiger charge is 2.27. The Bertz CT molecular complexity index is 947. The van der Waals surface area contributed by atoms with E-state index >= 15 is 0 Å². The van der Waals surface area contributed by atoms with Crippen molar-refractivity contribution in [3.05, 3.63) is 45.3 Å². The van der Waals surface area contributed by atoms with Crippen molar-refractivity contribution in [2.75, 3.05) is 11.9 Å². The zero-order chi connectivity index (χ0) is 21.0. The van der Waals surface area contributed by atoms with Gasteiger partial charge in [-0.05, 0) is 63.3 Å². The normalized spacial score (nSPS) is 12.8. The molecule has 2 aromatic rings. The molecule has 7 heteroatoms. The van der Waals surface area contributed by atoms with Crippen LogP contribution in [0, 0.1) is 0 Å². The summed E-state index contributed by atoms with van der Waals surface area (Å²) in [4.78, 5) is 37.4. The molecule has 1 aromatic carbocycles. The first-order valence-electron chi connectivity index (χ1n) is 9.76. The lowest BCUT2D eigenvalue weighted by Crippen LogP contribution is -2.14. The summed E-state index contributed by atoms with van der Waals surface area (Å²) in [5.74, 6) is -0.172. The third-order valence-electron chi connectivity index (χ3n) is 4.79. The molecule has 0 unspecified atom stereocenters. The molecule has 0 bridgehead atoms. The Balaban J connectivity index is 1.86. The van der Waals surface area contributed by atoms with Crippen molar-refractivity contribution in [3.8, 4) is 5.75 Å². The molecule has 1 aliphatic rings. The minimum absolute atomic E-state index is 0.0145. The van der Waals surface area contributed by atoms with E-state index in [1.165, 1.54) is 25.2 Å². The lowest BCUT2D eigenvalue weighted by molar-refractivity contribution is -0.114. The van der Waals surface area contributed by atoms with Crippen molar-refractivity contribution in [2.24, 2.45) is 0 Å². The number of carbonyl (C=O) groups is 3. The summed E-state index contributed by atoms with van der Waals surface area (Å²) in [5, 5.41) is 3.33. The van der Waals surface area contributed by atoms with Crippen LogP contribution in [-0.2, 0) is 29.0 Å². The first-order valence-corrected chi connectivity index (χ1v) is 10.6. The van der Waals surface area contributed by atoms with Gasteiger partial charge in [-0.15, -0.1) is 11.3 Å². The van der Waals surface area contributed by atoms with E-state index in [4.69, 9.17) is 9.47 Å². The fraction of sp³-hybridized carbons (Fsp3) is 0.409. The molecule has 6 nitrogen and oxygen atoms in total. The highest BCUT2D eigenvalue weighted by Crippen LogP contribution is 2.38. The topological polar surface area (TPSA) is 81.7 Å². The van der Waals surface area contributed by atoms with Gasteiger partial charge in [0.25, 0.3) is 0 Å². The second-order valence-corrected chi connectivity index (χ2v) is 8.09. The molecule has 154 valence electrons. The highest BCUT2D eigenvalue weighted by molar-refractivity contribution is 7.17. The van der Waals surface area contributed by atoms with Gasteiger partial charge in [-0.25, -0.2) is 4.79 Å². The summed E-state index contributed by atoms with van der Waals surface area (Å²) in [6, 6.07) is 5.11. The average molecular weight is 416 g/mol. The first-order chi connectivity index (χ1) is 13.9. The molecular weight excluding hydrogens is 390 g/mol. The van der Waals surface area contributed by atoms with E-state index in [-0.39, 0.29) is 18.3 Å². The predicted octanol–water partition coefficient (Wildman–Crippen LogP) is 4.54. The highest BCUT2D eigenvalue weighted by atomic mass is 32.1. The van der Waals surface area contributed by atoms with Crippen LogP contribution in [0.25, 0.3) is 0 Å². The fourth-order valence-electron chi connectivity index (χ4n) is 3.45. The summed E-state index contributed by atoms with van der Waals surface area (Å²) in [6.07, 6.45) is 3.81. The molecule has 0 saturated carbocycles. The fourth-order valence-corrected chi connectivity index (χ4v) is 4.78. The van der Waals surface area contributed by atoms with E-state index in [0.29, 0.717) is 34.0 Å². The zero-order valence-electron chi connectivity index (χ0n) is 16.9. The van der Waals surface area contributed by atoms with E-state index in [9.17, 15) is 14.4 Å². The van der Waals surface area contributed by atoms with Crippen LogP contribution in [0.4, 0.5) is 5.00 Å². The van der Waals surface area contributed by atoms with Gasteiger partial charge in [0.05, 0.1) is 12.2 Å². The van der Waals surface area contributed by atoms with Crippen LogP contribution in [-0.4, -0.2) is 24.3 Å². The molecule has 0 radical (unpaired) electrons. The summed E-state index contributed by atoms with van der Waals surface area (Å²) in [5.41, 5.74) is 2.61. The number of anilines is 1. The van der Waals surface area contributed by atoms with Gasteiger partial charge in [0.15, 0.2) is 5.78 Å². The number of ketones is 1. The molecule has 1 N–H and O–H groups in total. The van der Waals surface area contributed by atoms with Gasteiger partial charge in [0, 0.05) is 22.9 Å². The standard InChI is InChI=1S/C22H25NO5S/c1-4-27-18-10-9-15(13(2)24)11-16(18)12-28-22(26)20-17-7-5-6-8-19(17)29-21(20)23-14(3)25/h9-11H,4-8,12H2,1-3H3,(H,23,25). The molecule has 1 amide bonds. The SMILES string of the molecule is CCOc1ccc(C(C)=O)cc1COC(=O)c1c(NC(C)=O)sc2c1CCCC2. The maximum Gasteiger partial charge on any atom is 0.341 e. The number of fused-ring (bicyclic) bond motifs is 1. The van der Waals surface area contributed by atoms with Crippen molar-refractivity contribution in [2.45, 2.75) is 53.1 Å². The molecular formula is C22H25NO5S. The number of benzene rings is 1. The van der Waals surface area contributed by atoms with Crippen LogP contribution in [0.5, 0.6) is 5.75 Å². The number of nitrogens with one attached hydrogen (secondary N) is 1. The summed E-state index contributed by atoms with van der Waals surface area (Å²) in [6.45, 7) is 5.23. The minimum atomic E-state index is -0.469. The summed E-state index contributed by atoms with van der Waals surface area (Å²) in [7, 11) is 0. The second kappa shape index (κ2) is 9.22. The van der Waals surface area contributed by atoms with Crippen molar-refractivity contribution in [1.29, 1.82) is 0 Å². The van der Waals surface area contributed by atoms with E-state index in [1.807, 2.05) is 6.92 Å². The molecule has 0 saturated heterocycles. The van der Waals surface area contributed by atoms with Crippen molar-refractivity contribution >= 4 is 34.0 Å². The van der Waals surface area contributed by atoms with Crippen LogP contribution in [0.2, 0.25) is 0 Å². The number of hydrogen-bond donors (Lipinski definition) is 1. The number of Topliss-reactive ketones (excluding diaryl/α,β-unsaturated/α-hetero) is 1. The largest absolute Gasteiger partial charge is 0.493 e. The molecule has 0 fully saturated rings. The summed E-state index contributed by atoms with van der Waals surface area (Å²) < 4.78 is 11.2. The Labute approximate surface area is 174 Å². The lowest BCUT2D eigenvalue weighted by Gasteiger charge is -2.14. The van der Waals surface area contributed by atoms with E-state index in [1.54, 1.807) is 18.2 Å². The molecule has 0 atom stereocenters. The van der Waals surface area contributed by atoms with Gasteiger partial charge < -0.3 is 14.8 Å². The van der Waals surface area contributed by atoms with Crippen LogP contribution >= 0.6 is 11.3 Å². The Morgan fingerprint density at radius 2 is 1.90 bits per heavy atom. The van der Waals surface area contributed by atoms with Gasteiger partial charge in [0.2, 0.25) is 5.91 Å². The molecule has 1 aromatic heterocycles. The number of thiophene rings is 1. The number of hydrogen-bond acceptors (Lipinski definition) is 6. The Morgan fingerprint density at radius 3 is 2.59 bits per heavy atom. The van der Waals surface area contributed by atoms with E-state index in [0.717, 1.165) is 36.1 Å². The van der Waals surface area contributed by atoms with Crippen LogP contribution in [0.15, 0.2) is 18.2 Å².